The first kappa shape index (κ1) is 14.0. The van der Waals surface area contributed by atoms with Gasteiger partial charge in [0.15, 0.2) is 0 Å². The lowest BCUT2D eigenvalue weighted by Crippen LogP contribution is -2.48. The van der Waals surface area contributed by atoms with Gasteiger partial charge < -0.3 is 15.7 Å². The van der Waals surface area contributed by atoms with Gasteiger partial charge in [-0.15, -0.1) is 0 Å². The zero-order valence-electron chi connectivity index (χ0n) is 10.7. The summed E-state index contributed by atoms with van der Waals surface area (Å²) in [5.74, 6) is -1.22. The number of amides is 2. The molecule has 7 nitrogen and oxygen atoms in total. The molecular weight excluding hydrogens is 236 g/mol. The molecule has 0 aliphatic rings. The second-order valence-electron chi connectivity index (χ2n) is 4.33. The summed E-state index contributed by atoms with van der Waals surface area (Å²) < 4.78 is 1.64. The smallest absolute Gasteiger partial charge is 0.326 e. The van der Waals surface area contributed by atoms with E-state index in [1.165, 1.54) is 0 Å². The van der Waals surface area contributed by atoms with Crippen molar-refractivity contribution in [3.05, 3.63) is 18.0 Å². The molecule has 0 bridgehead atoms. The van der Waals surface area contributed by atoms with Crippen molar-refractivity contribution in [2.75, 3.05) is 0 Å². The lowest BCUT2D eigenvalue weighted by molar-refractivity contribution is -0.140. The molecule has 0 saturated carbocycles. The molecule has 0 radical (unpaired) electrons. The van der Waals surface area contributed by atoms with Crippen molar-refractivity contribution in [3.63, 3.8) is 0 Å². The molecule has 1 aromatic rings. The maximum atomic E-state index is 11.6. The summed E-state index contributed by atoms with van der Waals surface area (Å²) in [5, 5.41) is 17.9. The van der Waals surface area contributed by atoms with Gasteiger partial charge in [-0.2, -0.15) is 5.10 Å². The molecule has 100 valence electrons. The van der Waals surface area contributed by atoms with E-state index in [1.54, 1.807) is 37.8 Å². The predicted molar refractivity (Wildman–Crippen MR) is 64.8 cm³/mol. The maximum Gasteiger partial charge on any atom is 0.326 e. The van der Waals surface area contributed by atoms with Gasteiger partial charge in [0.05, 0.1) is 12.2 Å². The van der Waals surface area contributed by atoms with Gasteiger partial charge >= 0.3 is 12.0 Å². The molecule has 0 spiro atoms. The van der Waals surface area contributed by atoms with E-state index in [1.807, 2.05) is 0 Å². The SMILES string of the molecule is CC(C)[C@@H](NC(=O)NCc1ccnn1C)C(=O)O. The summed E-state index contributed by atoms with van der Waals surface area (Å²) in [7, 11) is 1.77. The summed E-state index contributed by atoms with van der Waals surface area (Å²) >= 11 is 0. The first-order valence-corrected chi connectivity index (χ1v) is 5.66. The first-order chi connectivity index (χ1) is 8.41. The molecule has 0 aromatic carbocycles. The van der Waals surface area contributed by atoms with Gasteiger partial charge in [-0.3, -0.25) is 4.68 Å². The molecule has 1 heterocycles. The lowest BCUT2D eigenvalue weighted by Gasteiger charge is -2.18. The molecule has 2 amide bonds. The number of urea groups is 1. The average Bonchev–Trinajstić information content (AvgIpc) is 2.68. The van der Waals surface area contributed by atoms with Crippen LogP contribution in [0.4, 0.5) is 4.79 Å². The summed E-state index contributed by atoms with van der Waals surface area (Å²) in [6, 6.07) is 0.381. The van der Waals surface area contributed by atoms with Gasteiger partial charge in [0.2, 0.25) is 0 Å². The molecule has 3 N–H and O–H groups in total. The second-order valence-corrected chi connectivity index (χ2v) is 4.33. The van der Waals surface area contributed by atoms with Crippen molar-refractivity contribution in [2.45, 2.75) is 26.4 Å². The number of aromatic nitrogens is 2. The number of nitrogens with zero attached hydrogens (tertiary/aromatic N) is 2. The van der Waals surface area contributed by atoms with Gasteiger partial charge in [0.25, 0.3) is 0 Å². The molecular formula is C11H18N4O3. The Hall–Kier alpha value is -2.05. The first-order valence-electron chi connectivity index (χ1n) is 5.66. The van der Waals surface area contributed by atoms with Crippen molar-refractivity contribution < 1.29 is 14.7 Å². The standard InChI is InChI=1S/C11H18N4O3/c1-7(2)9(10(16)17)14-11(18)12-6-8-4-5-13-15(8)3/h4-5,7,9H,6H2,1-3H3,(H,16,17)(H2,12,14,18)/t9-/m1/s1. The van der Waals surface area contributed by atoms with Crippen LogP contribution in [0, 0.1) is 5.92 Å². The van der Waals surface area contributed by atoms with Crippen LogP contribution in [0.3, 0.4) is 0 Å². The lowest BCUT2D eigenvalue weighted by atomic mass is 10.1. The Labute approximate surface area is 105 Å². The molecule has 0 fully saturated rings. The summed E-state index contributed by atoms with van der Waals surface area (Å²) in [6.45, 7) is 3.77. The number of rotatable bonds is 5. The number of carboxylic acids is 1. The third kappa shape index (κ3) is 3.76. The van der Waals surface area contributed by atoms with Gasteiger partial charge in [-0.05, 0) is 12.0 Å². The largest absolute Gasteiger partial charge is 0.480 e. The maximum absolute atomic E-state index is 11.6. The molecule has 1 rings (SSSR count). The van der Waals surface area contributed by atoms with Crippen LogP contribution in [-0.2, 0) is 18.4 Å². The van der Waals surface area contributed by atoms with Crippen LogP contribution in [0.1, 0.15) is 19.5 Å². The number of aliphatic carboxylic acids is 1. The minimum Gasteiger partial charge on any atom is -0.480 e. The fourth-order valence-electron chi connectivity index (χ4n) is 1.45. The number of carboxylic acid groups (broad SMARTS) is 1. The fraction of sp³-hybridized carbons (Fsp3) is 0.545. The van der Waals surface area contributed by atoms with Crippen LogP contribution < -0.4 is 10.6 Å². The van der Waals surface area contributed by atoms with Crippen LogP contribution in [-0.4, -0.2) is 32.9 Å². The summed E-state index contributed by atoms with van der Waals surface area (Å²) in [5.41, 5.74) is 0.835. The van der Waals surface area contributed by atoms with Crippen molar-refractivity contribution in [1.82, 2.24) is 20.4 Å². The van der Waals surface area contributed by atoms with E-state index in [-0.39, 0.29) is 5.92 Å². The monoisotopic (exact) mass is 254 g/mol. The number of carbonyl (C=O) groups is 2. The Kier molecular flexibility index (Phi) is 4.70. The molecule has 0 saturated heterocycles. The quantitative estimate of drug-likeness (QED) is 0.705. The molecule has 0 aliphatic heterocycles. The van der Waals surface area contributed by atoms with E-state index >= 15 is 0 Å². The summed E-state index contributed by atoms with van der Waals surface area (Å²) in [6.07, 6.45) is 1.63. The Balaban J connectivity index is 2.46. The van der Waals surface area contributed by atoms with Crippen LogP contribution in [0.2, 0.25) is 0 Å². The van der Waals surface area contributed by atoms with Crippen molar-refractivity contribution in [1.29, 1.82) is 0 Å². The van der Waals surface area contributed by atoms with Gasteiger partial charge in [-0.25, -0.2) is 9.59 Å². The Bertz CT molecular complexity index is 428. The van der Waals surface area contributed by atoms with E-state index in [9.17, 15) is 9.59 Å². The van der Waals surface area contributed by atoms with Crippen molar-refractivity contribution in [2.24, 2.45) is 13.0 Å². The molecule has 1 atom stereocenters. The van der Waals surface area contributed by atoms with E-state index in [0.717, 1.165) is 5.69 Å². The number of hydrogen-bond donors (Lipinski definition) is 3. The Morgan fingerprint density at radius 3 is 2.61 bits per heavy atom. The van der Waals surface area contributed by atoms with Gasteiger partial charge in [-0.1, -0.05) is 13.8 Å². The van der Waals surface area contributed by atoms with Crippen LogP contribution in [0.5, 0.6) is 0 Å². The van der Waals surface area contributed by atoms with Crippen LogP contribution in [0.15, 0.2) is 12.3 Å². The molecule has 0 unspecified atom stereocenters. The highest BCUT2D eigenvalue weighted by Gasteiger charge is 2.23. The van der Waals surface area contributed by atoms with Gasteiger partial charge in [0, 0.05) is 13.2 Å². The number of carbonyl (C=O) groups excluding carboxylic acids is 1. The zero-order chi connectivity index (χ0) is 13.7. The minimum absolute atomic E-state index is 0.176. The molecule has 7 heteroatoms. The number of nitrogens with one attached hydrogen (secondary N) is 2. The van der Waals surface area contributed by atoms with E-state index in [0.29, 0.717) is 6.54 Å². The van der Waals surface area contributed by atoms with Crippen molar-refractivity contribution >= 4 is 12.0 Å². The number of aryl methyl sites for hydroxylation is 1. The highest BCUT2D eigenvalue weighted by Crippen LogP contribution is 2.01. The third-order valence-electron chi connectivity index (χ3n) is 2.57. The Morgan fingerprint density at radius 1 is 1.50 bits per heavy atom. The minimum atomic E-state index is -1.04. The molecule has 1 aromatic heterocycles. The van der Waals surface area contributed by atoms with E-state index in [2.05, 4.69) is 15.7 Å². The zero-order valence-corrected chi connectivity index (χ0v) is 10.7. The van der Waals surface area contributed by atoms with Crippen LogP contribution in [0.25, 0.3) is 0 Å². The summed E-state index contributed by atoms with van der Waals surface area (Å²) in [4.78, 5) is 22.5. The number of hydrogen-bond acceptors (Lipinski definition) is 3. The topological polar surface area (TPSA) is 96.3 Å². The highest BCUT2D eigenvalue weighted by molar-refractivity contribution is 5.82. The molecule has 0 aliphatic carbocycles. The van der Waals surface area contributed by atoms with Crippen molar-refractivity contribution in [3.8, 4) is 0 Å². The normalized spacial score (nSPS) is 12.2. The van der Waals surface area contributed by atoms with E-state index < -0.39 is 18.0 Å². The average molecular weight is 254 g/mol. The predicted octanol–water partition coefficient (Wildman–Crippen LogP) is 0.328. The van der Waals surface area contributed by atoms with E-state index in [4.69, 9.17) is 5.11 Å². The Morgan fingerprint density at radius 2 is 2.17 bits per heavy atom. The van der Waals surface area contributed by atoms with Gasteiger partial charge in [0.1, 0.15) is 6.04 Å². The second kappa shape index (κ2) is 6.04. The van der Waals surface area contributed by atoms with Crippen LogP contribution >= 0.6 is 0 Å². The molecule has 18 heavy (non-hydrogen) atoms. The fourth-order valence-corrected chi connectivity index (χ4v) is 1.45. The third-order valence-corrected chi connectivity index (χ3v) is 2.57. The highest BCUT2D eigenvalue weighted by atomic mass is 16.4.